The van der Waals surface area contributed by atoms with E-state index in [1.165, 1.54) is 0 Å². The second-order valence-electron chi connectivity index (χ2n) is 7.32. The minimum Gasteiger partial charge on any atom is -0.487 e. The largest absolute Gasteiger partial charge is 0.487 e. The first-order chi connectivity index (χ1) is 14.0. The van der Waals surface area contributed by atoms with Crippen molar-refractivity contribution in [2.75, 3.05) is 26.2 Å². The SMILES string of the molecule is CC(C)C(=O)N1CCN(C(=O)C=Cc2ccc(OCc3ccccn3)cc2)CC1. The van der Waals surface area contributed by atoms with Crippen molar-refractivity contribution in [3.63, 3.8) is 0 Å². The molecule has 1 aromatic heterocycles. The molecule has 0 saturated carbocycles. The lowest BCUT2D eigenvalue weighted by Gasteiger charge is -2.35. The summed E-state index contributed by atoms with van der Waals surface area (Å²) in [5, 5.41) is 0. The van der Waals surface area contributed by atoms with E-state index in [2.05, 4.69) is 4.98 Å². The summed E-state index contributed by atoms with van der Waals surface area (Å²) in [4.78, 5) is 32.3. The molecule has 0 bridgehead atoms. The van der Waals surface area contributed by atoms with Gasteiger partial charge in [-0.2, -0.15) is 0 Å². The van der Waals surface area contributed by atoms with Gasteiger partial charge in [-0.3, -0.25) is 14.6 Å². The van der Waals surface area contributed by atoms with Gasteiger partial charge in [-0.25, -0.2) is 0 Å². The lowest BCUT2D eigenvalue weighted by atomic mass is 10.1. The van der Waals surface area contributed by atoms with E-state index in [-0.39, 0.29) is 17.7 Å². The number of amides is 2. The topological polar surface area (TPSA) is 62.7 Å². The van der Waals surface area contributed by atoms with E-state index >= 15 is 0 Å². The number of ether oxygens (including phenoxy) is 1. The Morgan fingerprint density at radius 1 is 1.03 bits per heavy atom. The molecule has 0 spiro atoms. The number of hydrogen-bond donors (Lipinski definition) is 0. The molecular formula is C23H27N3O3. The van der Waals surface area contributed by atoms with Gasteiger partial charge in [0.2, 0.25) is 11.8 Å². The Kier molecular flexibility index (Phi) is 7.00. The molecule has 1 aromatic carbocycles. The second kappa shape index (κ2) is 9.87. The van der Waals surface area contributed by atoms with Gasteiger partial charge in [-0.05, 0) is 35.9 Å². The summed E-state index contributed by atoms with van der Waals surface area (Å²) in [7, 11) is 0. The first kappa shape index (κ1) is 20.6. The zero-order valence-electron chi connectivity index (χ0n) is 17.0. The van der Waals surface area contributed by atoms with Crippen molar-refractivity contribution in [2.45, 2.75) is 20.5 Å². The predicted molar refractivity (Wildman–Crippen MR) is 112 cm³/mol. The van der Waals surface area contributed by atoms with Crippen LogP contribution in [0, 0.1) is 5.92 Å². The van der Waals surface area contributed by atoms with Crippen molar-refractivity contribution >= 4 is 17.9 Å². The molecule has 1 aliphatic heterocycles. The van der Waals surface area contributed by atoms with Crippen LogP contribution in [0.4, 0.5) is 0 Å². The summed E-state index contributed by atoms with van der Waals surface area (Å²) in [6.07, 6.45) is 5.13. The zero-order chi connectivity index (χ0) is 20.6. The van der Waals surface area contributed by atoms with Gasteiger partial charge < -0.3 is 14.5 Å². The van der Waals surface area contributed by atoms with Crippen molar-refractivity contribution in [1.82, 2.24) is 14.8 Å². The van der Waals surface area contributed by atoms with Crippen molar-refractivity contribution in [1.29, 1.82) is 0 Å². The van der Waals surface area contributed by atoms with E-state index in [1.54, 1.807) is 23.2 Å². The van der Waals surface area contributed by atoms with Crippen LogP contribution in [0.3, 0.4) is 0 Å². The van der Waals surface area contributed by atoms with E-state index in [9.17, 15) is 9.59 Å². The Hall–Kier alpha value is -3.15. The van der Waals surface area contributed by atoms with Crippen LogP contribution in [0.25, 0.3) is 6.08 Å². The third kappa shape index (κ3) is 5.91. The molecule has 2 aromatic rings. The highest BCUT2D eigenvalue weighted by Gasteiger charge is 2.24. The second-order valence-corrected chi connectivity index (χ2v) is 7.32. The van der Waals surface area contributed by atoms with Gasteiger partial charge in [0.15, 0.2) is 0 Å². The van der Waals surface area contributed by atoms with Crippen LogP contribution in [-0.4, -0.2) is 52.8 Å². The van der Waals surface area contributed by atoms with Crippen molar-refractivity contribution in [2.24, 2.45) is 5.92 Å². The molecule has 0 N–H and O–H groups in total. The van der Waals surface area contributed by atoms with Crippen molar-refractivity contribution in [3.8, 4) is 5.75 Å². The fourth-order valence-electron chi connectivity index (χ4n) is 3.10. The molecule has 0 radical (unpaired) electrons. The maximum Gasteiger partial charge on any atom is 0.246 e. The van der Waals surface area contributed by atoms with Crippen LogP contribution in [0.2, 0.25) is 0 Å². The van der Waals surface area contributed by atoms with Crippen LogP contribution in [-0.2, 0) is 16.2 Å². The smallest absolute Gasteiger partial charge is 0.246 e. The number of carbonyl (C=O) groups is 2. The highest BCUT2D eigenvalue weighted by molar-refractivity contribution is 5.92. The maximum atomic E-state index is 12.4. The minimum absolute atomic E-state index is 0.00643. The monoisotopic (exact) mass is 393 g/mol. The van der Waals surface area contributed by atoms with Gasteiger partial charge in [0.25, 0.3) is 0 Å². The van der Waals surface area contributed by atoms with Gasteiger partial charge in [0, 0.05) is 44.4 Å². The van der Waals surface area contributed by atoms with Crippen LogP contribution in [0.1, 0.15) is 25.1 Å². The Bertz CT molecular complexity index is 839. The average Bonchev–Trinajstić information content (AvgIpc) is 2.77. The van der Waals surface area contributed by atoms with Gasteiger partial charge in [0.1, 0.15) is 12.4 Å². The predicted octanol–water partition coefficient (Wildman–Crippen LogP) is 3.00. The summed E-state index contributed by atoms with van der Waals surface area (Å²) in [6, 6.07) is 13.3. The molecule has 2 amide bonds. The third-order valence-electron chi connectivity index (χ3n) is 4.81. The average molecular weight is 393 g/mol. The lowest BCUT2D eigenvalue weighted by molar-refractivity contribution is -0.139. The van der Waals surface area contributed by atoms with Gasteiger partial charge in [-0.1, -0.05) is 32.0 Å². The molecule has 1 aliphatic rings. The third-order valence-corrected chi connectivity index (χ3v) is 4.81. The fourth-order valence-corrected chi connectivity index (χ4v) is 3.10. The molecule has 6 heteroatoms. The first-order valence-electron chi connectivity index (χ1n) is 9.91. The summed E-state index contributed by atoms with van der Waals surface area (Å²) in [5.41, 5.74) is 1.80. The summed E-state index contributed by atoms with van der Waals surface area (Å²) >= 11 is 0. The van der Waals surface area contributed by atoms with Gasteiger partial charge in [0.05, 0.1) is 5.69 Å². The Morgan fingerprint density at radius 2 is 1.72 bits per heavy atom. The molecule has 29 heavy (non-hydrogen) atoms. The molecule has 0 unspecified atom stereocenters. The molecule has 6 nitrogen and oxygen atoms in total. The van der Waals surface area contributed by atoms with Crippen LogP contribution < -0.4 is 4.74 Å². The van der Waals surface area contributed by atoms with E-state index in [0.29, 0.717) is 32.8 Å². The van der Waals surface area contributed by atoms with Crippen LogP contribution in [0.5, 0.6) is 5.75 Å². The summed E-state index contributed by atoms with van der Waals surface area (Å²) < 4.78 is 5.72. The Morgan fingerprint density at radius 3 is 2.34 bits per heavy atom. The molecule has 1 fully saturated rings. The number of pyridine rings is 1. The normalized spacial score (nSPS) is 14.4. The molecule has 152 valence electrons. The number of rotatable bonds is 6. The number of aromatic nitrogens is 1. The van der Waals surface area contributed by atoms with Gasteiger partial charge in [-0.15, -0.1) is 0 Å². The summed E-state index contributed by atoms with van der Waals surface area (Å²) in [6.45, 7) is 6.55. The number of carbonyl (C=O) groups excluding carboxylic acids is 2. The lowest BCUT2D eigenvalue weighted by Crippen LogP contribution is -2.51. The standard InChI is InChI=1S/C23H27N3O3/c1-18(2)23(28)26-15-13-25(14-16-26)22(27)11-8-19-6-9-21(10-7-19)29-17-20-5-3-4-12-24-20/h3-12,18H,13-17H2,1-2H3. The maximum absolute atomic E-state index is 12.4. The van der Waals surface area contributed by atoms with E-state index < -0.39 is 0 Å². The number of piperazine rings is 1. The molecule has 3 rings (SSSR count). The van der Waals surface area contributed by atoms with E-state index in [0.717, 1.165) is 17.0 Å². The minimum atomic E-state index is -0.0304. The fraction of sp³-hybridized carbons (Fsp3) is 0.348. The zero-order valence-corrected chi connectivity index (χ0v) is 17.0. The Balaban J connectivity index is 1.47. The van der Waals surface area contributed by atoms with Crippen molar-refractivity contribution in [3.05, 3.63) is 66.0 Å². The quantitative estimate of drug-likeness (QED) is 0.708. The molecular weight excluding hydrogens is 366 g/mol. The first-order valence-corrected chi connectivity index (χ1v) is 9.91. The van der Waals surface area contributed by atoms with Crippen molar-refractivity contribution < 1.29 is 14.3 Å². The van der Waals surface area contributed by atoms with Gasteiger partial charge >= 0.3 is 0 Å². The van der Waals surface area contributed by atoms with Crippen LogP contribution in [0.15, 0.2) is 54.7 Å². The number of hydrogen-bond acceptors (Lipinski definition) is 4. The molecule has 1 saturated heterocycles. The number of benzene rings is 1. The summed E-state index contributed by atoms with van der Waals surface area (Å²) in [5.74, 6) is 0.869. The highest BCUT2D eigenvalue weighted by Crippen LogP contribution is 2.15. The van der Waals surface area contributed by atoms with E-state index in [4.69, 9.17) is 4.74 Å². The number of nitrogens with zero attached hydrogens (tertiary/aromatic N) is 3. The molecule has 0 atom stereocenters. The Labute approximate surface area is 171 Å². The van der Waals surface area contributed by atoms with Crippen LogP contribution >= 0.6 is 0 Å². The highest BCUT2D eigenvalue weighted by atomic mass is 16.5. The van der Waals surface area contributed by atoms with E-state index in [1.807, 2.05) is 61.2 Å². The molecule has 2 heterocycles. The molecule has 0 aliphatic carbocycles.